The van der Waals surface area contributed by atoms with Crippen LogP contribution in [0.1, 0.15) is 5.56 Å². The van der Waals surface area contributed by atoms with Crippen LogP contribution in [0.15, 0.2) is 60.7 Å². The first-order valence-electron chi connectivity index (χ1n) is 6.71. The fraction of sp³-hybridized carbons (Fsp3) is 0.118. The Kier molecular flexibility index (Phi) is 3.60. The van der Waals surface area contributed by atoms with Gasteiger partial charge in [0.25, 0.3) is 0 Å². The van der Waals surface area contributed by atoms with Crippen LogP contribution in [0.4, 0.5) is 0 Å². The molecular formula is C17H16N2O2. The van der Waals surface area contributed by atoms with E-state index in [1.165, 1.54) is 0 Å². The maximum Gasteiger partial charge on any atom is 0.210 e. The predicted octanol–water partition coefficient (Wildman–Crippen LogP) is 3.31. The Morgan fingerprint density at radius 2 is 1.86 bits per heavy atom. The van der Waals surface area contributed by atoms with Gasteiger partial charge in [-0.05, 0) is 17.7 Å². The summed E-state index contributed by atoms with van der Waals surface area (Å²) in [5, 5.41) is 14.5. The van der Waals surface area contributed by atoms with Gasteiger partial charge in [-0.3, -0.25) is 0 Å². The summed E-state index contributed by atoms with van der Waals surface area (Å²) in [6.45, 7) is 0.496. The van der Waals surface area contributed by atoms with Crippen molar-refractivity contribution in [3.05, 3.63) is 66.2 Å². The number of hydrogen-bond donors (Lipinski definition) is 1. The molecule has 106 valence electrons. The normalized spacial score (nSPS) is 10.5. The Labute approximate surface area is 123 Å². The second kappa shape index (κ2) is 5.71. The highest BCUT2D eigenvalue weighted by Crippen LogP contribution is 2.23. The molecule has 1 aromatic heterocycles. The first kappa shape index (κ1) is 13.2. The average molecular weight is 280 g/mol. The number of hydrogen-bond acceptors (Lipinski definition) is 3. The van der Waals surface area contributed by atoms with E-state index in [1.54, 1.807) is 17.9 Å². The van der Waals surface area contributed by atoms with E-state index in [4.69, 9.17) is 4.74 Å². The molecule has 0 atom stereocenters. The second-order valence-corrected chi connectivity index (χ2v) is 4.76. The number of aromatic nitrogens is 2. The summed E-state index contributed by atoms with van der Waals surface area (Å²) >= 11 is 0. The van der Waals surface area contributed by atoms with Crippen molar-refractivity contribution in [1.82, 2.24) is 9.78 Å². The predicted molar refractivity (Wildman–Crippen MR) is 81.4 cm³/mol. The van der Waals surface area contributed by atoms with Crippen LogP contribution in [0.5, 0.6) is 11.6 Å². The first-order valence-corrected chi connectivity index (χ1v) is 6.71. The second-order valence-electron chi connectivity index (χ2n) is 4.76. The molecule has 0 saturated heterocycles. The zero-order chi connectivity index (χ0) is 14.7. The van der Waals surface area contributed by atoms with E-state index in [2.05, 4.69) is 5.10 Å². The van der Waals surface area contributed by atoms with Gasteiger partial charge >= 0.3 is 0 Å². The van der Waals surface area contributed by atoms with Crippen molar-refractivity contribution in [2.24, 2.45) is 0 Å². The SMILES string of the molecule is COc1cccc(Cn2nc(-c3ccccc3)cc2O)c1. The van der Waals surface area contributed by atoms with Gasteiger partial charge in [0.15, 0.2) is 0 Å². The van der Waals surface area contributed by atoms with Crippen molar-refractivity contribution in [2.75, 3.05) is 7.11 Å². The zero-order valence-electron chi connectivity index (χ0n) is 11.7. The summed E-state index contributed by atoms with van der Waals surface area (Å²) in [5.74, 6) is 0.944. The molecule has 21 heavy (non-hydrogen) atoms. The van der Waals surface area contributed by atoms with Crippen LogP contribution in [0.25, 0.3) is 11.3 Å². The third-order valence-electron chi connectivity index (χ3n) is 3.29. The van der Waals surface area contributed by atoms with Crippen LogP contribution in [-0.2, 0) is 6.54 Å². The fourth-order valence-corrected chi connectivity index (χ4v) is 2.22. The number of rotatable bonds is 4. The van der Waals surface area contributed by atoms with Crippen molar-refractivity contribution in [3.63, 3.8) is 0 Å². The minimum Gasteiger partial charge on any atom is -0.497 e. The van der Waals surface area contributed by atoms with Crippen molar-refractivity contribution in [2.45, 2.75) is 6.54 Å². The van der Waals surface area contributed by atoms with Crippen LogP contribution in [0.2, 0.25) is 0 Å². The van der Waals surface area contributed by atoms with Gasteiger partial charge in [-0.25, -0.2) is 4.68 Å². The Morgan fingerprint density at radius 3 is 2.62 bits per heavy atom. The molecule has 3 rings (SSSR count). The van der Waals surface area contributed by atoms with Crippen molar-refractivity contribution >= 4 is 0 Å². The van der Waals surface area contributed by atoms with Gasteiger partial charge in [-0.2, -0.15) is 5.10 Å². The molecule has 0 aliphatic heterocycles. The molecule has 0 aliphatic rings. The standard InChI is InChI=1S/C17H16N2O2/c1-21-15-9-5-6-13(10-15)12-19-17(20)11-16(18-19)14-7-3-2-4-8-14/h2-11,20H,12H2,1H3. The molecule has 0 amide bonds. The van der Waals surface area contributed by atoms with Gasteiger partial charge in [-0.15, -0.1) is 0 Å². The highest BCUT2D eigenvalue weighted by Gasteiger charge is 2.09. The zero-order valence-corrected chi connectivity index (χ0v) is 11.7. The smallest absolute Gasteiger partial charge is 0.210 e. The number of nitrogens with zero attached hydrogens (tertiary/aromatic N) is 2. The number of aromatic hydroxyl groups is 1. The van der Waals surface area contributed by atoms with Crippen LogP contribution in [0.3, 0.4) is 0 Å². The summed E-state index contributed by atoms with van der Waals surface area (Å²) in [5.41, 5.74) is 2.76. The maximum absolute atomic E-state index is 10.0. The Morgan fingerprint density at radius 1 is 1.05 bits per heavy atom. The van der Waals surface area contributed by atoms with Crippen molar-refractivity contribution in [3.8, 4) is 22.9 Å². The largest absolute Gasteiger partial charge is 0.497 e. The summed E-state index contributed by atoms with van der Waals surface area (Å²) < 4.78 is 6.79. The van der Waals surface area contributed by atoms with E-state index in [0.717, 1.165) is 22.6 Å². The molecule has 0 radical (unpaired) electrons. The van der Waals surface area contributed by atoms with Gasteiger partial charge in [0, 0.05) is 11.6 Å². The molecule has 4 nitrogen and oxygen atoms in total. The maximum atomic E-state index is 10.0. The van der Waals surface area contributed by atoms with Gasteiger partial charge in [0.1, 0.15) is 5.75 Å². The third-order valence-corrected chi connectivity index (χ3v) is 3.29. The number of methoxy groups -OCH3 is 1. The van der Waals surface area contributed by atoms with E-state index in [0.29, 0.717) is 6.54 Å². The quantitative estimate of drug-likeness (QED) is 0.797. The number of ether oxygens (including phenoxy) is 1. The van der Waals surface area contributed by atoms with Gasteiger partial charge in [-0.1, -0.05) is 42.5 Å². The lowest BCUT2D eigenvalue weighted by Crippen LogP contribution is -2.01. The first-order chi connectivity index (χ1) is 10.3. The highest BCUT2D eigenvalue weighted by molar-refractivity contribution is 5.59. The van der Waals surface area contributed by atoms with E-state index >= 15 is 0 Å². The van der Waals surface area contributed by atoms with Crippen molar-refractivity contribution < 1.29 is 9.84 Å². The monoisotopic (exact) mass is 280 g/mol. The lowest BCUT2D eigenvalue weighted by Gasteiger charge is -2.05. The summed E-state index contributed by atoms with van der Waals surface area (Å²) in [6.07, 6.45) is 0. The van der Waals surface area contributed by atoms with E-state index in [9.17, 15) is 5.11 Å². The summed E-state index contributed by atoms with van der Waals surface area (Å²) in [6, 6.07) is 19.2. The van der Waals surface area contributed by atoms with Gasteiger partial charge in [0.05, 0.1) is 19.3 Å². The lowest BCUT2D eigenvalue weighted by atomic mass is 10.2. The number of benzene rings is 2. The lowest BCUT2D eigenvalue weighted by molar-refractivity contribution is 0.405. The van der Waals surface area contributed by atoms with Crippen molar-refractivity contribution in [1.29, 1.82) is 0 Å². The molecular weight excluding hydrogens is 264 g/mol. The Hall–Kier alpha value is -2.75. The van der Waals surface area contributed by atoms with E-state index < -0.39 is 0 Å². The molecule has 3 aromatic rings. The van der Waals surface area contributed by atoms with Crippen LogP contribution in [0, 0.1) is 0 Å². The highest BCUT2D eigenvalue weighted by atomic mass is 16.5. The van der Waals surface area contributed by atoms with Crippen LogP contribution in [-0.4, -0.2) is 22.0 Å². The van der Waals surface area contributed by atoms with Crippen LogP contribution >= 0.6 is 0 Å². The van der Waals surface area contributed by atoms with Gasteiger partial charge < -0.3 is 9.84 Å². The summed E-state index contributed by atoms with van der Waals surface area (Å²) in [7, 11) is 1.64. The Bertz CT molecular complexity index is 736. The van der Waals surface area contributed by atoms with Gasteiger partial charge in [0.2, 0.25) is 5.88 Å². The molecule has 0 unspecified atom stereocenters. The molecule has 0 spiro atoms. The minimum absolute atomic E-state index is 0.150. The molecule has 1 N–H and O–H groups in total. The third kappa shape index (κ3) is 2.89. The molecule has 0 saturated carbocycles. The average Bonchev–Trinajstić information content (AvgIpc) is 2.89. The molecule has 0 fully saturated rings. The molecule has 0 bridgehead atoms. The molecule has 0 aliphatic carbocycles. The molecule has 4 heteroatoms. The minimum atomic E-state index is 0.150. The topological polar surface area (TPSA) is 47.3 Å². The molecule has 1 heterocycles. The fourth-order valence-electron chi connectivity index (χ4n) is 2.22. The molecule has 2 aromatic carbocycles. The summed E-state index contributed by atoms with van der Waals surface area (Å²) in [4.78, 5) is 0. The van der Waals surface area contributed by atoms with Crippen LogP contribution < -0.4 is 4.74 Å². The Balaban J connectivity index is 1.88. The van der Waals surface area contributed by atoms with E-state index in [1.807, 2.05) is 54.6 Å². The van der Waals surface area contributed by atoms with E-state index in [-0.39, 0.29) is 5.88 Å².